The molecule has 0 atom stereocenters. The SMILES string of the molecule is COc1ccc(N2CCN(CCCNS(=O)(=O)c3ccc(NC(=O)C(C)C)cc3)CC2)cc1. The maximum Gasteiger partial charge on any atom is 0.240 e. The Kier molecular flexibility index (Phi) is 8.71. The molecule has 2 aromatic rings. The fourth-order valence-corrected chi connectivity index (χ4v) is 4.69. The predicted octanol–water partition coefficient (Wildman–Crippen LogP) is 2.78. The molecule has 0 aromatic heterocycles. The highest BCUT2D eigenvalue weighted by molar-refractivity contribution is 7.89. The van der Waals surface area contributed by atoms with Crippen molar-refractivity contribution in [1.29, 1.82) is 0 Å². The van der Waals surface area contributed by atoms with Crippen LogP contribution in [0.25, 0.3) is 0 Å². The molecule has 1 saturated heterocycles. The van der Waals surface area contributed by atoms with Crippen molar-refractivity contribution in [1.82, 2.24) is 9.62 Å². The van der Waals surface area contributed by atoms with E-state index in [1.165, 1.54) is 17.8 Å². The highest BCUT2D eigenvalue weighted by Gasteiger charge is 2.18. The molecular weight excluding hydrogens is 440 g/mol. The number of hydrogen-bond acceptors (Lipinski definition) is 6. The second-order valence-corrected chi connectivity index (χ2v) is 10.2. The van der Waals surface area contributed by atoms with E-state index in [1.54, 1.807) is 33.1 Å². The number of nitrogens with one attached hydrogen (secondary N) is 2. The smallest absolute Gasteiger partial charge is 0.240 e. The molecule has 3 rings (SSSR count). The van der Waals surface area contributed by atoms with Gasteiger partial charge in [0.1, 0.15) is 5.75 Å². The van der Waals surface area contributed by atoms with E-state index in [1.807, 2.05) is 12.1 Å². The van der Waals surface area contributed by atoms with Gasteiger partial charge in [0.05, 0.1) is 12.0 Å². The van der Waals surface area contributed by atoms with Crippen LogP contribution in [-0.4, -0.2) is 65.6 Å². The lowest BCUT2D eigenvalue weighted by atomic mass is 10.2. The van der Waals surface area contributed by atoms with Crippen molar-refractivity contribution in [3.63, 3.8) is 0 Å². The lowest BCUT2D eigenvalue weighted by Gasteiger charge is -2.36. The topological polar surface area (TPSA) is 91.0 Å². The van der Waals surface area contributed by atoms with Crippen LogP contribution < -0.4 is 19.7 Å². The van der Waals surface area contributed by atoms with Crippen LogP contribution in [0.15, 0.2) is 53.4 Å². The largest absolute Gasteiger partial charge is 0.497 e. The van der Waals surface area contributed by atoms with E-state index in [4.69, 9.17) is 4.74 Å². The molecule has 0 bridgehead atoms. The van der Waals surface area contributed by atoms with Crippen LogP contribution in [0.4, 0.5) is 11.4 Å². The molecule has 0 aliphatic carbocycles. The lowest BCUT2D eigenvalue weighted by Crippen LogP contribution is -2.47. The maximum absolute atomic E-state index is 12.5. The van der Waals surface area contributed by atoms with Crippen molar-refractivity contribution < 1.29 is 17.9 Å². The molecule has 2 N–H and O–H groups in total. The Balaban J connectivity index is 1.39. The van der Waals surface area contributed by atoms with Gasteiger partial charge in [-0.25, -0.2) is 13.1 Å². The monoisotopic (exact) mass is 474 g/mol. The third kappa shape index (κ3) is 7.18. The Morgan fingerprint density at radius 1 is 1.00 bits per heavy atom. The fourth-order valence-electron chi connectivity index (χ4n) is 3.62. The van der Waals surface area contributed by atoms with Gasteiger partial charge in [0.25, 0.3) is 0 Å². The van der Waals surface area contributed by atoms with Gasteiger partial charge in [-0.1, -0.05) is 13.8 Å². The molecule has 8 nitrogen and oxygen atoms in total. The number of ether oxygens (including phenoxy) is 1. The first kappa shape index (κ1) is 25.0. The van der Waals surface area contributed by atoms with E-state index in [9.17, 15) is 13.2 Å². The molecule has 0 saturated carbocycles. The van der Waals surface area contributed by atoms with Gasteiger partial charge in [-0.15, -0.1) is 0 Å². The van der Waals surface area contributed by atoms with Crippen LogP contribution in [-0.2, 0) is 14.8 Å². The standard InChI is InChI=1S/C24H34N4O4S/c1-19(2)24(29)26-20-5-11-23(12-6-20)33(30,31)25-13-4-14-27-15-17-28(18-16-27)21-7-9-22(32-3)10-8-21/h5-12,19,25H,4,13-18H2,1-3H3,(H,26,29). The number of carbonyl (C=O) groups excluding carboxylic acids is 1. The zero-order valence-electron chi connectivity index (χ0n) is 19.6. The van der Waals surface area contributed by atoms with Crippen LogP contribution in [0.1, 0.15) is 20.3 Å². The number of carbonyl (C=O) groups is 1. The van der Waals surface area contributed by atoms with Gasteiger partial charge in [0.15, 0.2) is 0 Å². The third-order valence-electron chi connectivity index (χ3n) is 5.71. The summed E-state index contributed by atoms with van der Waals surface area (Å²) in [7, 11) is -1.91. The number of rotatable bonds is 10. The number of benzene rings is 2. The molecule has 2 aromatic carbocycles. The van der Waals surface area contributed by atoms with Crippen LogP contribution in [0.2, 0.25) is 0 Å². The van der Waals surface area contributed by atoms with Gasteiger partial charge in [0.2, 0.25) is 15.9 Å². The molecule has 0 radical (unpaired) electrons. The Morgan fingerprint density at radius 3 is 2.21 bits per heavy atom. The highest BCUT2D eigenvalue weighted by Crippen LogP contribution is 2.20. The summed E-state index contributed by atoms with van der Waals surface area (Å²) in [6.45, 7) is 8.62. The number of sulfonamides is 1. The molecule has 1 fully saturated rings. The summed E-state index contributed by atoms with van der Waals surface area (Å²) in [5.74, 6) is 0.614. The summed E-state index contributed by atoms with van der Waals surface area (Å²) in [5.41, 5.74) is 1.78. The molecule has 0 spiro atoms. The van der Waals surface area contributed by atoms with Crippen LogP contribution in [0.5, 0.6) is 5.75 Å². The predicted molar refractivity (Wildman–Crippen MR) is 131 cm³/mol. The molecule has 1 aliphatic heterocycles. The second-order valence-electron chi connectivity index (χ2n) is 8.45. The Labute approximate surface area is 197 Å². The molecule has 180 valence electrons. The first-order chi connectivity index (χ1) is 15.8. The number of nitrogens with zero attached hydrogens (tertiary/aromatic N) is 2. The van der Waals surface area contributed by atoms with Crippen molar-refractivity contribution in [3.05, 3.63) is 48.5 Å². The minimum Gasteiger partial charge on any atom is -0.497 e. The van der Waals surface area contributed by atoms with E-state index in [0.29, 0.717) is 12.2 Å². The van der Waals surface area contributed by atoms with Gasteiger partial charge in [-0.05, 0) is 61.5 Å². The lowest BCUT2D eigenvalue weighted by molar-refractivity contribution is -0.118. The number of hydrogen-bond donors (Lipinski definition) is 2. The number of methoxy groups -OCH3 is 1. The van der Waals surface area contributed by atoms with Gasteiger partial charge in [0, 0.05) is 50.0 Å². The minimum absolute atomic E-state index is 0.103. The third-order valence-corrected chi connectivity index (χ3v) is 7.19. The highest BCUT2D eigenvalue weighted by atomic mass is 32.2. The first-order valence-electron chi connectivity index (χ1n) is 11.3. The maximum atomic E-state index is 12.5. The first-order valence-corrected chi connectivity index (χ1v) is 12.8. The van der Waals surface area contributed by atoms with E-state index in [-0.39, 0.29) is 16.7 Å². The van der Waals surface area contributed by atoms with Gasteiger partial charge < -0.3 is 15.0 Å². The van der Waals surface area contributed by atoms with Crippen molar-refractivity contribution in [3.8, 4) is 5.75 Å². The van der Waals surface area contributed by atoms with E-state index >= 15 is 0 Å². The van der Waals surface area contributed by atoms with E-state index < -0.39 is 10.0 Å². The summed E-state index contributed by atoms with van der Waals surface area (Å²) < 4.78 is 33.0. The average Bonchev–Trinajstić information content (AvgIpc) is 2.82. The Bertz CT molecular complexity index is 1000. The van der Waals surface area contributed by atoms with Crippen LogP contribution in [0, 0.1) is 5.92 Å². The van der Waals surface area contributed by atoms with Crippen LogP contribution in [0.3, 0.4) is 0 Å². The molecule has 33 heavy (non-hydrogen) atoms. The normalized spacial score (nSPS) is 15.0. The summed E-state index contributed by atoms with van der Waals surface area (Å²) >= 11 is 0. The fraction of sp³-hybridized carbons (Fsp3) is 0.458. The molecule has 1 amide bonds. The van der Waals surface area contributed by atoms with E-state index in [0.717, 1.165) is 44.9 Å². The Morgan fingerprint density at radius 2 is 1.64 bits per heavy atom. The van der Waals surface area contributed by atoms with Crippen molar-refractivity contribution in [2.45, 2.75) is 25.2 Å². The number of piperazine rings is 1. The minimum atomic E-state index is -3.58. The van der Waals surface area contributed by atoms with Crippen molar-refractivity contribution in [2.75, 3.05) is 56.6 Å². The molecule has 1 aliphatic rings. The van der Waals surface area contributed by atoms with Crippen molar-refractivity contribution in [2.24, 2.45) is 5.92 Å². The summed E-state index contributed by atoms with van der Waals surface area (Å²) in [6, 6.07) is 14.3. The molecule has 0 unspecified atom stereocenters. The summed E-state index contributed by atoms with van der Waals surface area (Å²) in [5, 5.41) is 2.76. The molecular formula is C24H34N4O4S. The summed E-state index contributed by atoms with van der Waals surface area (Å²) in [6.07, 6.45) is 0.740. The van der Waals surface area contributed by atoms with Crippen molar-refractivity contribution >= 4 is 27.3 Å². The number of amides is 1. The number of anilines is 2. The quantitative estimate of drug-likeness (QED) is 0.515. The van der Waals surface area contributed by atoms with Gasteiger partial charge >= 0.3 is 0 Å². The molecule has 9 heteroatoms. The van der Waals surface area contributed by atoms with E-state index in [2.05, 4.69) is 32.0 Å². The zero-order valence-corrected chi connectivity index (χ0v) is 20.4. The zero-order chi connectivity index (χ0) is 23.8. The Hall–Kier alpha value is -2.62. The summed E-state index contributed by atoms with van der Waals surface area (Å²) in [4.78, 5) is 16.7. The van der Waals surface area contributed by atoms with Crippen LogP contribution >= 0.6 is 0 Å². The average molecular weight is 475 g/mol. The van der Waals surface area contributed by atoms with Gasteiger partial charge in [-0.3, -0.25) is 9.69 Å². The molecule has 1 heterocycles. The second kappa shape index (κ2) is 11.5. The van der Waals surface area contributed by atoms with Gasteiger partial charge in [-0.2, -0.15) is 0 Å².